The highest BCUT2D eigenvalue weighted by Gasteiger charge is 2.55. The van der Waals surface area contributed by atoms with Crippen molar-refractivity contribution in [3.63, 3.8) is 0 Å². The lowest BCUT2D eigenvalue weighted by Gasteiger charge is -2.20. The van der Waals surface area contributed by atoms with Crippen molar-refractivity contribution in [3.8, 4) is 11.8 Å². The number of alkyl halides is 3. The van der Waals surface area contributed by atoms with Crippen molar-refractivity contribution in [3.05, 3.63) is 65.2 Å². The fraction of sp³-hybridized carbons (Fsp3) is 0.440. The number of carboxylic acid groups (broad SMARTS) is 1. The van der Waals surface area contributed by atoms with Gasteiger partial charge in [0, 0.05) is 32.2 Å². The number of halogens is 3. The predicted molar refractivity (Wildman–Crippen MR) is 118 cm³/mol. The Balaban J connectivity index is 1.12. The summed E-state index contributed by atoms with van der Waals surface area (Å²) in [6.07, 6.45) is -4.14. The van der Waals surface area contributed by atoms with Crippen LogP contribution in [0.5, 0.6) is 5.75 Å². The number of likely N-dealkylation sites (tertiary alicyclic amines) is 1. The van der Waals surface area contributed by atoms with Crippen LogP contribution in [0.3, 0.4) is 0 Å². The van der Waals surface area contributed by atoms with Crippen LogP contribution >= 0.6 is 0 Å². The van der Waals surface area contributed by atoms with Crippen molar-refractivity contribution < 1.29 is 27.8 Å². The zero-order chi connectivity index (χ0) is 24.3. The summed E-state index contributed by atoms with van der Waals surface area (Å²) < 4.78 is 43.8. The average Bonchev–Trinajstić information content (AvgIpc) is 3.25. The summed E-state index contributed by atoms with van der Waals surface area (Å²) in [5.74, 6) is -0.360. The van der Waals surface area contributed by atoms with E-state index in [1.165, 1.54) is 0 Å². The molecule has 6 nitrogen and oxygen atoms in total. The van der Waals surface area contributed by atoms with E-state index in [0.29, 0.717) is 43.3 Å². The molecule has 0 aromatic heterocycles. The van der Waals surface area contributed by atoms with Gasteiger partial charge in [-0.15, -0.1) is 0 Å². The summed E-state index contributed by atoms with van der Waals surface area (Å²) in [4.78, 5) is 13.2. The van der Waals surface area contributed by atoms with E-state index in [-0.39, 0.29) is 6.42 Å². The second kappa shape index (κ2) is 10.0. The second-order valence-corrected chi connectivity index (χ2v) is 8.91. The third-order valence-electron chi connectivity index (χ3n) is 6.53. The van der Waals surface area contributed by atoms with E-state index in [2.05, 4.69) is 10.2 Å². The van der Waals surface area contributed by atoms with Gasteiger partial charge >= 0.3 is 12.1 Å². The maximum atomic E-state index is 12.7. The zero-order valence-corrected chi connectivity index (χ0v) is 18.5. The number of hydrogen-bond acceptors (Lipinski definition) is 5. The Hall–Kier alpha value is -3.09. The maximum Gasteiger partial charge on any atom is 0.416 e. The van der Waals surface area contributed by atoms with Gasteiger partial charge in [0.2, 0.25) is 0 Å². The Morgan fingerprint density at radius 1 is 1.12 bits per heavy atom. The minimum atomic E-state index is -4.30. The van der Waals surface area contributed by atoms with Crippen molar-refractivity contribution >= 4 is 5.97 Å². The lowest BCUT2D eigenvalue weighted by molar-refractivity contribution is -0.140. The van der Waals surface area contributed by atoms with Crippen molar-refractivity contribution in [2.75, 3.05) is 26.2 Å². The molecule has 4 rings (SSSR count). The van der Waals surface area contributed by atoms with Crippen molar-refractivity contribution in [2.24, 2.45) is 17.8 Å². The molecule has 2 aliphatic rings. The smallest absolute Gasteiger partial charge is 0.416 e. The predicted octanol–water partition coefficient (Wildman–Crippen LogP) is 3.57. The molecule has 34 heavy (non-hydrogen) atoms. The van der Waals surface area contributed by atoms with Crippen LogP contribution < -0.4 is 10.1 Å². The van der Waals surface area contributed by atoms with E-state index < -0.39 is 23.6 Å². The van der Waals surface area contributed by atoms with Gasteiger partial charge in [-0.3, -0.25) is 9.69 Å². The average molecular weight is 473 g/mol. The number of carbonyl (C=O) groups is 1. The van der Waals surface area contributed by atoms with E-state index in [1.807, 2.05) is 0 Å². The van der Waals surface area contributed by atoms with Gasteiger partial charge in [-0.25, -0.2) is 0 Å². The number of fused-ring (bicyclic) bond motifs is 1. The van der Waals surface area contributed by atoms with Gasteiger partial charge in [0.25, 0.3) is 0 Å². The molecule has 0 radical (unpaired) electrons. The van der Waals surface area contributed by atoms with Gasteiger partial charge in [0.1, 0.15) is 18.3 Å². The Morgan fingerprint density at radius 3 is 2.29 bits per heavy atom. The minimum absolute atomic E-state index is 0.161. The van der Waals surface area contributed by atoms with E-state index >= 15 is 0 Å². The molecule has 0 amide bonds. The Bertz CT molecular complexity index is 1020. The standard InChI is InChI=1S/C25H26F3N3O3/c26-25(27,28)19-5-1-17(2-6-19)13-31-14-21-22(15-31)23(21)30-9-10-34-20-7-3-16(4-8-20)11-18(12-29)24(32)33/h1-8,18,21-23,30H,9-11,13-15H2,(H,32,33)/t18-,21-,22?,23+/m0/s1. The number of rotatable bonds is 10. The molecule has 2 aromatic rings. The molecule has 2 aromatic carbocycles. The lowest BCUT2D eigenvalue weighted by atomic mass is 10.0. The normalized spacial score (nSPS) is 22.6. The van der Waals surface area contributed by atoms with Crippen molar-refractivity contribution in [2.45, 2.75) is 25.2 Å². The number of hydrogen-bond donors (Lipinski definition) is 2. The zero-order valence-electron chi connectivity index (χ0n) is 18.5. The number of aliphatic carboxylic acids is 1. The Kier molecular flexibility index (Phi) is 7.10. The largest absolute Gasteiger partial charge is 0.492 e. The monoisotopic (exact) mass is 473 g/mol. The Morgan fingerprint density at radius 2 is 1.74 bits per heavy atom. The maximum absolute atomic E-state index is 12.7. The first-order valence-corrected chi connectivity index (χ1v) is 11.2. The highest BCUT2D eigenvalue weighted by molar-refractivity contribution is 5.73. The molecule has 4 atom stereocenters. The summed E-state index contributed by atoms with van der Waals surface area (Å²) in [7, 11) is 0. The molecule has 2 N–H and O–H groups in total. The van der Waals surface area contributed by atoms with Crippen LogP contribution in [0.2, 0.25) is 0 Å². The van der Waals surface area contributed by atoms with Gasteiger partial charge < -0.3 is 15.2 Å². The minimum Gasteiger partial charge on any atom is -0.492 e. The molecule has 0 bridgehead atoms. The first-order chi connectivity index (χ1) is 16.2. The van der Waals surface area contributed by atoms with Crippen LogP contribution in [0.25, 0.3) is 0 Å². The van der Waals surface area contributed by atoms with Gasteiger partial charge in [-0.05, 0) is 53.6 Å². The van der Waals surface area contributed by atoms with Gasteiger partial charge in [0.15, 0.2) is 0 Å². The van der Waals surface area contributed by atoms with Gasteiger partial charge in [-0.2, -0.15) is 18.4 Å². The molecule has 1 saturated carbocycles. The summed E-state index contributed by atoms with van der Waals surface area (Å²) in [6, 6.07) is 14.7. The van der Waals surface area contributed by atoms with Crippen LogP contribution in [-0.2, 0) is 23.9 Å². The van der Waals surface area contributed by atoms with Crippen LogP contribution in [0.4, 0.5) is 13.2 Å². The fourth-order valence-corrected chi connectivity index (χ4v) is 4.64. The van der Waals surface area contributed by atoms with E-state index in [0.717, 1.165) is 36.3 Å². The third-order valence-corrected chi connectivity index (χ3v) is 6.53. The van der Waals surface area contributed by atoms with E-state index in [1.54, 1.807) is 42.5 Å². The van der Waals surface area contributed by atoms with Gasteiger partial charge in [-0.1, -0.05) is 24.3 Å². The van der Waals surface area contributed by atoms with Crippen molar-refractivity contribution in [1.82, 2.24) is 10.2 Å². The van der Waals surface area contributed by atoms with Gasteiger partial charge in [0.05, 0.1) is 11.6 Å². The van der Waals surface area contributed by atoms with Crippen molar-refractivity contribution in [1.29, 1.82) is 5.26 Å². The summed E-state index contributed by atoms with van der Waals surface area (Å²) >= 11 is 0. The molecule has 180 valence electrons. The lowest BCUT2D eigenvalue weighted by Crippen LogP contribution is -2.33. The number of ether oxygens (including phenoxy) is 1. The first kappa shape index (κ1) is 24.0. The summed E-state index contributed by atoms with van der Waals surface area (Å²) in [5.41, 5.74) is 1.05. The van der Waals surface area contributed by atoms with Crippen LogP contribution in [0.15, 0.2) is 48.5 Å². The highest BCUT2D eigenvalue weighted by atomic mass is 19.4. The number of nitriles is 1. The number of carboxylic acids is 1. The summed E-state index contributed by atoms with van der Waals surface area (Å²) in [5, 5.41) is 21.4. The number of nitrogens with zero attached hydrogens (tertiary/aromatic N) is 2. The highest BCUT2D eigenvalue weighted by Crippen LogP contribution is 2.45. The van der Waals surface area contributed by atoms with E-state index in [4.69, 9.17) is 15.1 Å². The fourth-order valence-electron chi connectivity index (χ4n) is 4.64. The molecular weight excluding hydrogens is 447 g/mol. The first-order valence-electron chi connectivity index (χ1n) is 11.2. The van der Waals surface area contributed by atoms with Crippen LogP contribution in [0, 0.1) is 29.1 Å². The molecule has 1 unspecified atom stereocenters. The topological polar surface area (TPSA) is 85.6 Å². The molecule has 1 aliphatic heterocycles. The quantitative estimate of drug-likeness (QED) is 0.514. The Labute approximate surface area is 195 Å². The molecule has 0 spiro atoms. The van der Waals surface area contributed by atoms with E-state index in [9.17, 15) is 18.0 Å². The third kappa shape index (κ3) is 5.88. The molecule has 1 saturated heterocycles. The molecular formula is C25H26F3N3O3. The number of piperidine rings is 1. The molecule has 2 fully saturated rings. The second-order valence-electron chi connectivity index (χ2n) is 8.91. The SMILES string of the molecule is N#C[C@H](Cc1ccc(OCCN[C@H]2C3CN(Cc4ccc(C(F)(F)F)cc4)C[C@@H]32)cc1)C(=O)O. The molecule has 1 aliphatic carbocycles. The molecule has 1 heterocycles. The van der Waals surface area contributed by atoms with Crippen LogP contribution in [-0.4, -0.2) is 48.3 Å². The van der Waals surface area contributed by atoms with Crippen LogP contribution in [0.1, 0.15) is 16.7 Å². The molecule has 9 heteroatoms. The summed E-state index contributed by atoms with van der Waals surface area (Å²) in [6.45, 7) is 3.74. The number of benzene rings is 2. The number of nitrogens with one attached hydrogen (secondary N) is 1.